The number of nitrogens with zero attached hydrogens (tertiary/aromatic N) is 1. The lowest BCUT2D eigenvalue weighted by atomic mass is 10.3. The molecule has 4 rings (SSSR count). The number of ether oxygens (including phenoxy) is 2. The molecular weight excluding hydrogens is 469 g/mol. The fourth-order valence-corrected chi connectivity index (χ4v) is 3.26. The van der Waals surface area contributed by atoms with Crippen molar-refractivity contribution in [1.29, 1.82) is 0 Å². The highest BCUT2D eigenvalue weighted by Crippen LogP contribution is 2.30. The average Bonchev–Trinajstić information content (AvgIpc) is 3.18. The summed E-state index contributed by atoms with van der Waals surface area (Å²) in [7, 11) is 1.27. The van der Waals surface area contributed by atoms with E-state index in [1.54, 1.807) is 60.7 Å². The van der Waals surface area contributed by atoms with Crippen molar-refractivity contribution < 1.29 is 19.1 Å². The second kappa shape index (κ2) is 9.68. The monoisotopic (exact) mass is 485 g/mol. The number of imidazole rings is 1. The molecule has 0 aliphatic carbocycles. The second-order valence-electron chi connectivity index (χ2n) is 6.69. The molecule has 0 saturated heterocycles. The van der Waals surface area contributed by atoms with Gasteiger partial charge in [0.1, 0.15) is 11.5 Å². The fraction of sp³-hybridized carbons (Fsp3) is 0.0455. The van der Waals surface area contributed by atoms with E-state index in [0.717, 1.165) is 0 Å². The molecule has 0 bridgehead atoms. The summed E-state index contributed by atoms with van der Waals surface area (Å²) in [4.78, 5) is 30.9. The van der Waals surface area contributed by atoms with E-state index in [2.05, 4.69) is 30.7 Å². The third kappa shape index (κ3) is 5.46. The van der Waals surface area contributed by atoms with E-state index in [0.29, 0.717) is 38.9 Å². The Morgan fingerprint density at radius 3 is 2.55 bits per heavy atom. The first-order chi connectivity index (χ1) is 15.9. The quantitative estimate of drug-likeness (QED) is 0.257. The SMILES string of the molecule is COC(=O)Nc1nc2cc(Oc3cccc(NC(=O)Nc4cccc(Cl)c4Cl)c3)ccc2[nH]1. The van der Waals surface area contributed by atoms with Gasteiger partial charge in [0, 0.05) is 17.8 Å². The van der Waals surface area contributed by atoms with Crippen LogP contribution in [-0.4, -0.2) is 29.2 Å². The number of hydrogen-bond acceptors (Lipinski definition) is 5. The summed E-state index contributed by atoms with van der Waals surface area (Å²) in [6.45, 7) is 0. The highest BCUT2D eigenvalue weighted by Gasteiger charge is 2.10. The van der Waals surface area contributed by atoms with Gasteiger partial charge in [0.25, 0.3) is 0 Å². The summed E-state index contributed by atoms with van der Waals surface area (Å²) >= 11 is 12.1. The van der Waals surface area contributed by atoms with E-state index in [-0.39, 0.29) is 11.0 Å². The molecule has 4 N–H and O–H groups in total. The minimum absolute atomic E-state index is 0.255. The lowest BCUT2D eigenvalue weighted by Gasteiger charge is -2.11. The first kappa shape index (κ1) is 22.3. The third-order valence-electron chi connectivity index (χ3n) is 4.39. The Bertz CT molecular complexity index is 1340. The first-order valence-corrected chi connectivity index (χ1v) is 10.3. The number of carbonyl (C=O) groups excluding carboxylic acids is 2. The topological polar surface area (TPSA) is 117 Å². The van der Waals surface area contributed by atoms with Crippen LogP contribution in [0.25, 0.3) is 11.0 Å². The predicted molar refractivity (Wildman–Crippen MR) is 128 cm³/mol. The summed E-state index contributed by atoms with van der Waals surface area (Å²) in [6.07, 6.45) is -0.628. The molecule has 11 heteroatoms. The number of anilines is 3. The molecule has 0 aliphatic heterocycles. The van der Waals surface area contributed by atoms with E-state index < -0.39 is 12.1 Å². The van der Waals surface area contributed by atoms with E-state index in [1.807, 2.05) is 0 Å². The number of urea groups is 1. The summed E-state index contributed by atoms with van der Waals surface area (Å²) in [5, 5.41) is 8.43. The van der Waals surface area contributed by atoms with Crippen LogP contribution < -0.4 is 20.7 Å². The molecule has 0 spiro atoms. The molecule has 0 unspecified atom stereocenters. The van der Waals surface area contributed by atoms with E-state index >= 15 is 0 Å². The van der Waals surface area contributed by atoms with Crippen LogP contribution >= 0.6 is 23.2 Å². The zero-order valence-electron chi connectivity index (χ0n) is 17.1. The number of rotatable bonds is 5. The smallest absolute Gasteiger partial charge is 0.413 e. The van der Waals surface area contributed by atoms with Gasteiger partial charge in [-0.2, -0.15) is 0 Å². The van der Waals surface area contributed by atoms with Crippen molar-refractivity contribution in [3.63, 3.8) is 0 Å². The van der Waals surface area contributed by atoms with Gasteiger partial charge in [0.2, 0.25) is 5.95 Å². The zero-order chi connectivity index (χ0) is 23.4. The number of H-pyrrole nitrogens is 1. The van der Waals surface area contributed by atoms with Gasteiger partial charge in [-0.05, 0) is 36.4 Å². The minimum atomic E-state index is -0.628. The van der Waals surface area contributed by atoms with Crippen LogP contribution in [0.5, 0.6) is 11.5 Å². The number of halogens is 2. The largest absolute Gasteiger partial charge is 0.457 e. The first-order valence-electron chi connectivity index (χ1n) is 9.56. The highest BCUT2D eigenvalue weighted by atomic mass is 35.5. The summed E-state index contributed by atoms with van der Waals surface area (Å²) in [5.74, 6) is 1.27. The average molecular weight is 486 g/mol. The number of aromatic nitrogens is 2. The zero-order valence-corrected chi connectivity index (χ0v) is 18.6. The molecule has 0 radical (unpaired) electrons. The Balaban J connectivity index is 1.44. The maximum atomic E-state index is 12.3. The normalized spacial score (nSPS) is 10.5. The molecule has 4 aromatic rings. The number of benzene rings is 3. The summed E-state index contributed by atoms with van der Waals surface area (Å²) in [6, 6.07) is 16.6. The Labute approximate surface area is 198 Å². The standard InChI is InChI=1S/C22H17Cl2N5O4/c1-32-22(31)29-20-26-16-9-8-14(11-18(16)27-20)33-13-5-2-4-12(10-13)25-21(30)28-17-7-3-6-15(23)19(17)24/h2-11H,1H3,(H2,25,28,30)(H2,26,27,29,31). The van der Waals surface area contributed by atoms with Crippen molar-refractivity contribution in [3.05, 3.63) is 70.7 Å². The maximum Gasteiger partial charge on any atom is 0.413 e. The number of aromatic amines is 1. The van der Waals surface area contributed by atoms with Crippen LogP contribution in [0.1, 0.15) is 0 Å². The van der Waals surface area contributed by atoms with Crippen LogP contribution in [-0.2, 0) is 4.74 Å². The van der Waals surface area contributed by atoms with Crippen LogP contribution in [0.4, 0.5) is 26.9 Å². The van der Waals surface area contributed by atoms with Gasteiger partial charge in [-0.1, -0.05) is 35.3 Å². The molecule has 1 heterocycles. The number of nitrogens with one attached hydrogen (secondary N) is 4. The van der Waals surface area contributed by atoms with E-state index in [4.69, 9.17) is 27.9 Å². The van der Waals surface area contributed by atoms with Crippen molar-refractivity contribution >= 4 is 63.7 Å². The third-order valence-corrected chi connectivity index (χ3v) is 5.21. The predicted octanol–water partition coefficient (Wildman–Crippen LogP) is 6.48. The minimum Gasteiger partial charge on any atom is -0.457 e. The molecule has 168 valence electrons. The molecule has 0 saturated carbocycles. The Morgan fingerprint density at radius 1 is 0.939 bits per heavy atom. The maximum absolute atomic E-state index is 12.3. The van der Waals surface area contributed by atoms with Crippen LogP contribution in [0.15, 0.2) is 60.7 Å². The molecular formula is C22H17Cl2N5O4. The van der Waals surface area contributed by atoms with Crippen LogP contribution in [0.2, 0.25) is 10.0 Å². The Kier molecular flexibility index (Phi) is 6.53. The number of hydrogen-bond donors (Lipinski definition) is 4. The van der Waals surface area contributed by atoms with Crippen molar-refractivity contribution in [1.82, 2.24) is 9.97 Å². The Morgan fingerprint density at radius 2 is 1.73 bits per heavy atom. The number of amides is 3. The Hall–Kier alpha value is -3.95. The molecule has 0 aliphatic rings. The number of methoxy groups -OCH3 is 1. The van der Waals surface area contributed by atoms with Crippen molar-refractivity contribution in [2.75, 3.05) is 23.1 Å². The van der Waals surface area contributed by atoms with Gasteiger partial charge in [-0.15, -0.1) is 0 Å². The number of fused-ring (bicyclic) bond motifs is 1. The van der Waals surface area contributed by atoms with Gasteiger partial charge < -0.3 is 25.1 Å². The fourth-order valence-electron chi connectivity index (χ4n) is 2.91. The molecule has 1 aromatic heterocycles. The van der Waals surface area contributed by atoms with Gasteiger partial charge in [-0.25, -0.2) is 14.6 Å². The molecule has 9 nitrogen and oxygen atoms in total. The summed E-state index contributed by atoms with van der Waals surface area (Å²) in [5.41, 5.74) is 2.20. The van der Waals surface area contributed by atoms with Crippen molar-refractivity contribution in [2.24, 2.45) is 0 Å². The van der Waals surface area contributed by atoms with E-state index in [1.165, 1.54) is 7.11 Å². The lowest BCUT2D eigenvalue weighted by Crippen LogP contribution is -2.19. The second-order valence-corrected chi connectivity index (χ2v) is 7.48. The molecule has 0 fully saturated rings. The van der Waals surface area contributed by atoms with Crippen molar-refractivity contribution in [3.8, 4) is 11.5 Å². The molecule has 0 atom stereocenters. The van der Waals surface area contributed by atoms with Gasteiger partial charge >= 0.3 is 12.1 Å². The van der Waals surface area contributed by atoms with Crippen LogP contribution in [0.3, 0.4) is 0 Å². The highest BCUT2D eigenvalue weighted by molar-refractivity contribution is 6.44. The van der Waals surface area contributed by atoms with Crippen LogP contribution in [0, 0.1) is 0 Å². The molecule has 3 aromatic carbocycles. The molecule has 3 amide bonds. The van der Waals surface area contributed by atoms with Gasteiger partial charge in [0.15, 0.2) is 0 Å². The molecule has 33 heavy (non-hydrogen) atoms. The van der Waals surface area contributed by atoms with E-state index in [9.17, 15) is 9.59 Å². The lowest BCUT2D eigenvalue weighted by molar-refractivity contribution is 0.186. The van der Waals surface area contributed by atoms with Gasteiger partial charge in [0.05, 0.1) is 33.9 Å². The van der Waals surface area contributed by atoms with Crippen molar-refractivity contribution in [2.45, 2.75) is 0 Å². The number of carbonyl (C=O) groups is 2. The van der Waals surface area contributed by atoms with Gasteiger partial charge in [-0.3, -0.25) is 5.32 Å². The summed E-state index contributed by atoms with van der Waals surface area (Å²) < 4.78 is 10.5.